The van der Waals surface area contributed by atoms with E-state index in [0.717, 1.165) is 0 Å². The molecular weight excluding hydrogens is 238 g/mol. The second kappa shape index (κ2) is 5.96. The molecule has 1 heterocycles. The van der Waals surface area contributed by atoms with Gasteiger partial charge in [-0.05, 0) is 32.1 Å². The molecule has 4 nitrogen and oxygen atoms in total. The van der Waals surface area contributed by atoms with Crippen molar-refractivity contribution in [3.63, 3.8) is 0 Å². The van der Waals surface area contributed by atoms with E-state index < -0.39 is 10.0 Å². The third kappa shape index (κ3) is 4.39. The van der Waals surface area contributed by atoms with Crippen LogP contribution in [0.3, 0.4) is 0 Å². The third-order valence-corrected chi connectivity index (χ3v) is 5.28. The fourth-order valence-corrected chi connectivity index (χ4v) is 3.85. The molecule has 1 aliphatic heterocycles. The van der Waals surface area contributed by atoms with Crippen molar-refractivity contribution in [2.75, 3.05) is 18.8 Å². The van der Waals surface area contributed by atoms with Crippen molar-refractivity contribution in [1.29, 1.82) is 0 Å². The highest BCUT2D eigenvalue weighted by Gasteiger charge is 2.29. The van der Waals surface area contributed by atoms with Crippen molar-refractivity contribution >= 4 is 15.8 Å². The van der Waals surface area contributed by atoms with Crippen molar-refractivity contribution < 1.29 is 13.2 Å². The molecule has 0 aromatic heterocycles. The number of hydrogen-bond acceptors (Lipinski definition) is 3. The predicted octanol–water partition coefficient (Wildman–Crippen LogP) is 1.66. The molecule has 0 radical (unpaired) electrons. The van der Waals surface area contributed by atoms with Crippen LogP contribution in [0.1, 0.15) is 40.0 Å². The molecule has 17 heavy (non-hydrogen) atoms. The molecule has 1 rings (SSSR count). The molecule has 0 aliphatic carbocycles. The maximum absolute atomic E-state index is 12.0. The van der Waals surface area contributed by atoms with Gasteiger partial charge in [0.15, 0.2) is 0 Å². The average molecular weight is 261 g/mol. The molecule has 5 heteroatoms. The maximum Gasteiger partial charge on any atom is 0.214 e. The van der Waals surface area contributed by atoms with Gasteiger partial charge in [-0.2, -0.15) is 0 Å². The van der Waals surface area contributed by atoms with Gasteiger partial charge >= 0.3 is 0 Å². The number of rotatable bonds is 5. The van der Waals surface area contributed by atoms with Gasteiger partial charge in [-0.1, -0.05) is 13.8 Å². The molecule has 0 saturated carbocycles. The maximum atomic E-state index is 12.0. The second-order valence-electron chi connectivity index (χ2n) is 5.28. The molecular formula is C12H23NO3S. The second-order valence-corrected chi connectivity index (χ2v) is 7.37. The lowest BCUT2D eigenvalue weighted by molar-refractivity contribution is -0.121. The molecule has 1 aliphatic rings. The van der Waals surface area contributed by atoms with Crippen molar-refractivity contribution in [1.82, 2.24) is 4.31 Å². The van der Waals surface area contributed by atoms with Crippen LogP contribution in [-0.2, 0) is 14.8 Å². The minimum absolute atomic E-state index is 0.0616. The van der Waals surface area contributed by atoms with E-state index in [0.29, 0.717) is 38.3 Å². The summed E-state index contributed by atoms with van der Waals surface area (Å²) >= 11 is 0. The Morgan fingerprint density at radius 2 is 1.82 bits per heavy atom. The Bertz CT molecular complexity index is 354. The number of ketones is 1. The number of nitrogens with zero attached hydrogens (tertiary/aromatic N) is 1. The van der Waals surface area contributed by atoms with E-state index in [1.165, 1.54) is 0 Å². The Hall–Kier alpha value is -0.420. The number of carbonyl (C=O) groups is 1. The Kier molecular flexibility index (Phi) is 5.13. The Labute approximate surface area is 104 Å². The van der Waals surface area contributed by atoms with E-state index in [9.17, 15) is 13.2 Å². The standard InChI is InChI=1S/C12H23NO3S/c1-10(2)6-9-17(15,16)13-7-4-12(5-8-13)11(3)14/h10,12H,4-9H2,1-3H3. The highest BCUT2D eigenvalue weighted by Crippen LogP contribution is 2.21. The summed E-state index contributed by atoms with van der Waals surface area (Å²) in [4.78, 5) is 11.2. The van der Waals surface area contributed by atoms with Crippen LogP contribution in [0.4, 0.5) is 0 Å². The zero-order valence-electron chi connectivity index (χ0n) is 11.0. The van der Waals surface area contributed by atoms with Gasteiger partial charge in [0, 0.05) is 19.0 Å². The van der Waals surface area contributed by atoms with E-state index in [1.54, 1.807) is 11.2 Å². The summed E-state index contributed by atoms with van der Waals surface area (Å²) < 4.78 is 25.6. The molecule has 0 N–H and O–H groups in total. The summed E-state index contributed by atoms with van der Waals surface area (Å²) in [7, 11) is -3.11. The highest BCUT2D eigenvalue weighted by atomic mass is 32.2. The lowest BCUT2D eigenvalue weighted by atomic mass is 9.95. The third-order valence-electron chi connectivity index (χ3n) is 3.38. The number of sulfonamides is 1. The van der Waals surface area contributed by atoms with Crippen LogP contribution in [0.15, 0.2) is 0 Å². The molecule has 100 valence electrons. The fourth-order valence-electron chi connectivity index (χ4n) is 2.05. The summed E-state index contributed by atoms with van der Waals surface area (Å²) in [6.45, 7) is 6.65. The lowest BCUT2D eigenvalue weighted by Crippen LogP contribution is -2.41. The number of Topliss-reactive ketones (excluding diaryl/α,β-unsaturated/α-hetero) is 1. The molecule has 0 bridgehead atoms. The first kappa shape index (κ1) is 14.6. The predicted molar refractivity (Wildman–Crippen MR) is 68.2 cm³/mol. The van der Waals surface area contributed by atoms with E-state index in [-0.39, 0.29) is 17.5 Å². The fraction of sp³-hybridized carbons (Fsp3) is 0.917. The van der Waals surface area contributed by atoms with Crippen LogP contribution < -0.4 is 0 Å². The topological polar surface area (TPSA) is 54.5 Å². The zero-order valence-corrected chi connectivity index (χ0v) is 11.8. The van der Waals surface area contributed by atoms with E-state index in [2.05, 4.69) is 0 Å². The van der Waals surface area contributed by atoms with Crippen LogP contribution in [0.2, 0.25) is 0 Å². The number of hydrogen-bond donors (Lipinski definition) is 0. The molecule has 0 aromatic rings. The molecule has 0 aromatic carbocycles. The molecule has 0 atom stereocenters. The average Bonchev–Trinajstić information content (AvgIpc) is 2.27. The van der Waals surface area contributed by atoms with E-state index in [1.807, 2.05) is 13.8 Å². The van der Waals surface area contributed by atoms with Crippen molar-refractivity contribution in [3.05, 3.63) is 0 Å². The number of carbonyl (C=O) groups excluding carboxylic acids is 1. The summed E-state index contributed by atoms with van der Waals surface area (Å²) in [6.07, 6.45) is 2.06. The van der Waals surface area contributed by atoms with Crippen LogP contribution in [0.25, 0.3) is 0 Å². The van der Waals surface area contributed by atoms with Gasteiger partial charge in [-0.25, -0.2) is 12.7 Å². The van der Waals surface area contributed by atoms with Gasteiger partial charge in [0.25, 0.3) is 0 Å². The summed E-state index contributed by atoms with van der Waals surface area (Å²) in [5.74, 6) is 0.880. The van der Waals surface area contributed by atoms with Crippen LogP contribution in [-0.4, -0.2) is 37.3 Å². The number of piperidine rings is 1. The molecule has 0 unspecified atom stereocenters. The van der Waals surface area contributed by atoms with Gasteiger partial charge in [-0.3, -0.25) is 4.79 Å². The quantitative estimate of drug-likeness (QED) is 0.756. The van der Waals surface area contributed by atoms with Crippen LogP contribution >= 0.6 is 0 Å². The lowest BCUT2D eigenvalue weighted by Gasteiger charge is -2.30. The van der Waals surface area contributed by atoms with Crippen LogP contribution in [0.5, 0.6) is 0 Å². The summed E-state index contributed by atoms with van der Waals surface area (Å²) in [6, 6.07) is 0. The Morgan fingerprint density at radius 1 is 1.29 bits per heavy atom. The van der Waals surface area contributed by atoms with Crippen molar-refractivity contribution in [2.45, 2.75) is 40.0 Å². The smallest absolute Gasteiger partial charge is 0.214 e. The molecule has 1 fully saturated rings. The largest absolute Gasteiger partial charge is 0.300 e. The van der Waals surface area contributed by atoms with Gasteiger partial charge in [0.1, 0.15) is 5.78 Å². The Morgan fingerprint density at radius 3 is 2.24 bits per heavy atom. The van der Waals surface area contributed by atoms with Gasteiger partial charge in [-0.15, -0.1) is 0 Å². The first-order valence-electron chi connectivity index (χ1n) is 6.31. The van der Waals surface area contributed by atoms with Crippen molar-refractivity contribution in [3.8, 4) is 0 Å². The summed E-state index contributed by atoms with van der Waals surface area (Å²) in [5, 5.41) is 0. The zero-order chi connectivity index (χ0) is 13.1. The van der Waals surface area contributed by atoms with Crippen molar-refractivity contribution in [2.24, 2.45) is 11.8 Å². The molecule has 0 spiro atoms. The van der Waals surface area contributed by atoms with Crippen LogP contribution in [0, 0.1) is 11.8 Å². The first-order valence-corrected chi connectivity index (χ1v) is 7.92. The molecule has 1 saturated heterocycles. The SMILES string of the molecule is CC(=O)C1CCN(S(=O)(=O)CCC(C)C)CC1. The highest BCUT2D eigenvalue weighted by molar-refractivity contribution is 7.89. The van der Waals surface area contributed by atoms with E-state index in [4.69, 9.17) is 0 Å². The Balaban J connectivity index is 2.50. The summed E-state index contributed by atoms with van der Waals surface area (Å²) in [5.41, 5.74) is 0. The minimum atomic E-state index is -3.11. The molecule has 0 amide bonds. The minimum Gasteiger partial charge on any atom is -0.300 e. The van der Waals surface area contributed by atoms with Gasteiger partial charge in [0.2, 0.25) is 10.0 Å². The van der Waals surface area contributed by atoms with Gasteiger partial charge in [0.05, 0.1) is 5.75 Å². The van der Waals surface area contributed by atoms with E-state index >= 15 is 0 Å². The van der Waals surface area contributed by atoms with Gasteiger partial charge < -0.3 is 0 Å². The first-order chi connectivity index (χ1) is 7.83. The normalized spacial score (nSPS) is 19.8. The monoisotopic (exact) mass is 261 g/mol.